The number of nitrogens with zero attached hydrogens (tertiary/aromatic N) is 12. The average Bonchev–Trinajstić information content (AvgIpc) is 1.44. The average molecular weight is 1580 g/mol. The third kappa shape index (κ3) is 9.50. The highest BCUT2D eigenvalue weighted by molar-refractivity contribution is 6.20. The summed E-state index contributed by atoms with van der Waals surface area (Å²) in [6, 6.07) is 146. The Morgan fingerprint density at radius 3 is 0.282 bits per heavy atom. The normalized spacial score (nSPS) is 11.8. The molecule has 0 fully saturated rings. The summed E-state index contributed by atoms with van der Waals surface area (Å²) in [5.74, 6) is 0. The van der Waals surface area contributed by atoms with Crippen LogP contribution in [-0.4, -0.2) is 36.5 Å². The molecule has 26 rings (SSSR count). The van der Waals surface area contributed by atoms with Crippen LogP contribution in [0, 0.1) is 45.3 Å². The summed E-state index contributed by atoms with van der Waals surface area (Å²) in [5.41, 5.74) is 22.2. The van der Waals surface area contributed by atoms with Crippen LogP contribution in [0.15, 0.2) is 388 Å². The maximum absolute atomic E-state index is 11.9. The van der Waals surface area contributed by atoms with E-state index < -0.39 is 0 Å². The molecular formula is C112H64N12. The fourth-order valence-electron chi connectivity index (χ4n) is 20.9. The summed E-state index contributed by atoms with van der Waals surface area (Å²) < 4.78 is 18.3. The quantitative estimate of drug-likeness (QED) is 0.150. The van der Waals surface area contributed by atoms with Gasteiger partial charge in [-0.15, -0.1) is 0 Å². The summed E-state index contributed by atoms with van der Waals surface area (Å²) >= 11 is 0. The van der Waals surface area contributed by atoms with Crippen molar-refractivity contribution in [3.05, 3.63) is 411 Å². The maximum atomic E-state index is 11.9. The summed E-state index contributed by atoms with van der Waals surface area (Å²) in [6.07, 6.45) is 0. The van der Waals surface area contributed by atoms with E-state index in [-0.39, 0.29) is 22.3 Å². The molecule has 0 saturated carbocycles. The van der Waals surface area contributed by atoms with Gasteiger partial charge in [-0.2, -0.15) is 21.0 Å². The van der Waals surface area contributed by atoms with Gasteiger partial charge in [0.15, 0.2) is 0 Å². The van der Waals surface area contributed by atoms with E-state index in [0.29, 0.717) is 22.7 Å². The fourth-order valence-corrected chi connectivity index (χ4v) is 20.9. The van der Waals surface area contributed by atoms with E-state index >= 15 is 0 Å². The van der Waals surface area contributed by atoms with Crippen LogP contribution in [0.5, 0.6) is 0 Å². The van der Waals surface area contributed by atoms with E-state index in [0.717, 1.165) is 197 Å². The molecule has 0 saturated heterocycles. The molecule has 0 aliphatic heterocycles. The Morgan fingerprint density at radius 2 is 0.194 bits per heavy atom. The molecule has 0 spiro atoms. The zero-order chi connectivity index (χ0) is 82.1. The first-order valence-electron chi connectivity index (χ1n) is 41.5. The molecule has 0 atom stereocenters. The van der Waals surface area contributed by atoms with E-state index in [4.69, 9.17) is 0 Å². The van der Waals surface area contributed by atoms with Gasteiger partial charge in [-0.05, 0) is 97.1 Å². The van der Waals surface area contributed by atoms with Crippen molar-refractivity contribution in [2.45, 2.75) is 0 Å². The molecular weight excluding hydrogens is 1510 g/mol. The van der Waals surface area contributed by atoms with Gasteiger partial charge in [0, 0.05) is 86.2 Å². The molecule has 8 heterocycles. The first kappa shape index (κ1) is 69.4. The van der Waals surface area contributed by atoms with Crippen molar-refractivity contribution in [1.82, 2.24) is 36.5 Å². The van der Waals surface area contributed by atoms with E-state index in [2.05, 4.69) is 449 Å². The van der Waals surface area contributed by atoms with Gasteiger partial charge in [-0.1, -0.05) is 291 Å². The Kier molecular flexibility index (Phi) is 15.1. The Bertz CT molecular complexity index is 7850. The lowest BCUT2D eigenvalue weighted by Gasteiger charge is -2.27. The molecule has 124 heavy (non-hydrogen) atoms. The molecule has 0 radical (unpaired) electrons. The van der Waals surface area contributed by atoms with Crippen molar-refractivity contribution >= 4 is 174 Å². The fraction of sp³-hybridized carbons (Fsp3) is 0. The summed E-state index contributed by atoms with van der Waals surface area (Å²) in [7, 11) is 0. The SMILES string of the molecule is N#Cc1c(C#N)c(-n2c3ccccc3c3ccccc32)c(-n2c3ccccc3c3ccccc32)c(-n2c3ccccc3c3ccccc32)c1-n1c2ccccc2c2ccccc21.N#Cc1c(C#N)c(-n2c3ccccc3c3ccccc32)c(-n2c3ccccc3c3ccccc32)c(-n2c3ccccc3c3ccccc32)c1-n1c2ccccc2c2ccccc21. The molecule has 0 unspecified atom stereocenters. The lowest BCUT2D eigenvalue weighted by molar-refractivity contribution is 1.01. The van der Waals surface area contributed by atoms with Crippen LogP contribution in [0.2, 0.25) is 0 Å². The molecule has 12 heteroatoms. The van der Waals surface area contributed by atoms with Gasteiger partial charge in [0.2, 0.25) is 0 Å². The number of fused-ring (bicyclic) bond motifs is 24. The zero-order valence-electron chi connectivity index (χ0n) is 66.3. The first-order valence-corrected chi connectivity index (χ1v) is 41.5. The Balaban J connectivity index is 0.000000136. The third-order valence-corrected chi connectivity index (χ3v) is 25.7. The van der Waals surface area contributed by atoms with Gasteiger partial charge in [0.1, 0.15) is 24.3 Å². The molecule has 0 amide bonds. The van der Waals surface area contributed by atoms with Crippen LogP contribution in [0.25, 0.3) is 220 Å². The van der Waals surface area contributed by atoms with Crippen molar-refractivity contribution in [1.29, 1.82) is 21.0 Å². The van der Waals surface area contributed by atoms with E-state index in [9.17, 15) is 21.0 Å². The molecule has 0 aliphatic carbocycles. The lowest BCUT2D eigenvalue weighted by Crippen LogP contribution is -2.17. The minimum Gasteiger partial charge on any atom is -0.306 e. The van der Waals surface area contributed by atoms with Crippen LogP contribution < -0.4 is 0 Å². The van der Waals surface area contributed by atoms with Gasteiger partial charge < -0.3 is 36.5 Å². The van der Waals surface area contributed by atoms with Gasteiger partial charge in [-0.25, -0.2) is 0 Å². The van der Waals surface area contributed by atoms with E-state index in [1.807, 2.05) is 0 Å². The highest BCUT2D eigenvalue weighted by Crippen LogP contribution is 2.53. The third-order valence-electron chi connectivity index (χ3n) is 25.7. The highest BCUT2D eigenvalue weighted by Gasteiger charge is 2.38. The summed E-state index contributed by atoms with van der Waals surface area (Å²) in [6.45, 7) is 0. The molecule has 18 aromatic carbocycles. The van der Waals surface area contributed by atoms with Crippen LogP contribution in [0.3, 0.4) is 0 Å². The van der Waals surface area contributed by atoms with Gasteiger partial charge >= 0.3 is 0 Å². The van der Waals surface area contributed by atoms with Crippen LogP contribution in [0.1, 0.15) is 22.3 Å². The van der Waals surface area contributed by atoms with Gasteiger partial charge in [-0.3, -0.25) is 0 Å². The van der Waals surface area contributed by atoms with Crippen molar-refractivity contribution in [3.63, 3.8) is 0 Å². The summed E-state index contributed by atoms with van der Waals surface area (Å²) in [5, 5.41) is 64.8. The van der Waals surface area contributed by atoms with Crippen molar-refractivity contribution in [3.8, 4) is 69.8 Å². The molecule has 26 aromatic rings. The minimum atomic E-state index is 0.289. The molecule has 8 aromatic heterocycles. The number of hydrogen-bond donors (Lipinski definition) is 0. The standard InChI is InChI=1S/2C56H32N6/c2*57-33-43-44(34-58)54(60-47-27-11-3-19-37(47)38-20-4-12-28-48(38)60)56(62-51-31-15-7-23-41(51)42-24-8-16-32-52(42)62)55(61-49-29-13-5-21-39(49)40-22-6-14-30-50(40)61)53(43)59-45-25-9-1-17-35(45)36-18-2-10-26-46(36)59/h2*1-32H. The monoisotopic (exact) mass is 1580 g/mol. The van der Waals surface area contributed by atoms with Crippen molar-refractivity contribution < 1.29 is 0 Å². The molecule has 0 bridgehead atoms. The van der Waals surface area contributed by atoms with E-state index in [1.54, 1.807) is 0 Å². The maximum Gasteiger partial charge on any atom is 0.103 e. The second-order valence-electron chi connectivity index (χ2n) is 31.7. The number of aromatic nitrogens is 8. The van der Waals surface area contributed by atoms with Crippen molar-refractivity contribution in [2.24, 2.45) is 0 Å². The van der Waals surface area contributed by atoms with E-state index in [1.165, 1.54) is 0 Å². The zero-order valence-corrected chi connectivity index (χ0v) is 66.3. The molecule has 0 aliphatic rings. The molecule has 572 valence electrons. The number of para-hydroxylation sites is 16. The predicted molar refractivity (Wildman–Crippen MR) is 506 cm³/mol. The Morgan fingerprint density at radius 1 is 0.113 bits per heavy atom. The second kappa shape index (κ2) is 26.9. The predicted octanol–water partition coefficient (Wildman–Crippen LogP) is 27.6. The first-order chi connectivity index (χ1) is 61.5. The molecule has 12 nitrogen and oxygen atoms in total. The van der Waals surface area contributed by atoms with Crippen LogP contribution >= 0.6 is 0 Å². The van der Waals surface area contributed by atoms with Crippen LogP contribution in [0.4, 0.5) is 0 Å². The van der Waals surface area contributed by atoms with Crippen LogP contribution in [-0.2, 0) is 0 Å². The lowest BCUT2D eigenvalue weighted by atomic mass is 9.98. The Hall–Kier alpha value is -17.7. The highest BCUT2D eigenvalue weighted by atomic mass is 15.2. The minimum absolute atomic E-state index is 0.289. The van der Waals surface area contributed by atoms with Gasteiger partial charge in [0.05, 0.1) is 156 Å². The largest absolute Gasteiger partial charge is 0.306 e. The molecule has 0 N–H and O–H groups in total. The topological polar surface area (TPSA) is 135 Å². The summed E-state index contributed by atoms with van der Waals surface area (Å²) in [4.78, 5) is 0. The number of hydrogen-bond acceptors (Lipinski definition) is 4. The number of benzene rings is 18. The van der Waals surface area contributed by atoms with Crippen molar-refractivity contribution in [2.75, 3.05) is 0 Å². The second-order valence-corrected chi connectivity index (χ2v) is 31.7. The Labute approximate surface area is 707 Å². The smallest absolute Gasteiger partial charge is 0.103 e. The number of rotatable bonds is 8. The van der Waals surface area contributed by atoms with Gasteiger partial charge in [0.25, 0.3) is 0 Å². The number of nitriles is 4.